The van der Waals surface area contributed by atoms with E-state index in [9.17, 15) is 4.79 Å². The summed E-state index contributed by atoms with van der Waals surface area (Å²) in [6, 6.07) is 5.11. The quantitative estimate of drug-likeness (QED) is 0.848. The largest absolute Gasteiger partial charge is 0.497 e. The second kappa shape index (κ2) is 5.92. The number of aromatic nitrogens is 1. The van der Waals surface area contributed by atoms with Crippen LogP contribution in [0.25, 0.3) is 0 Å². The molecule has 0 radical (unpaired) electrons. The number of ether oxygens (including phenoxy) is 1. The van der Waals surface area contributed by atoms with E-state index in [2.05, 4.69) is 10.3 Å². The molecule has 1 aromatic heterocycles. The lowest BCUT2D eigenvalue weighted by molar-refractivity contribution is 0.102. The Morgan fingerprint density at radius 3 is 2.80 bits per heavy atom. The van der Waals surface area contributed by atoms with Crippen LogP contribution in [0, 0.1) is 0 Å². The number of carbonyl (C=O) groups excluding carboxylic acids is 1. The zero-order valence-electron chi connectivity index (χ0n) is 11.6. The molecule has 5 nitrogen and oxygen atoms in total. The first-order valence-corrected chi connectivity index (χ1v) is 7.09. The van der Waals surface area contributed by atoms with Gasteiger partial charge in [0.2, 0.25) is 0 Å². The van der Waals surface area contributed by atoms with Crippen LogP contribution in [0.1, 0.15) is 35.3 Å². The van der Waals surface area contributed by atoms with E-state index in [1.807, 2.05) is 13.8 Å². The smallest absolute Gasteiger partial charge is 0.275 e. The fourth-order valence-electron chi connectivity index (χ4n) is 1.61. The zero-order chi connectivity index (χ0) is 14.7. The molecule has 0 fully saturated rings. The van der Waals surface area contributed by atoms with Crippen molar-refractivity contribution >= 4 is 28.6 Å². The molecule has 1 aromatic carbocycles. The van der Waals surface area contributed by atoms with E-state index in [0.717, 1.165) is 5.01 Å². The number of amides is 1. The van der Waals surface area contributed by atoms with E-state index in [0.29, 0.717) is 28.7 Å². The number of anilines is 2. The van der Waals surface area contributed by atoms with E-state index in [4.69, 9.17) is 10.5 Å². The number of hydrogen-bond acceptors (Lipinski definition) is 5. The fourth-order valence-corrected chi connectivity index (χ4v) is 2.43. The molecule has 0 aliphatic rings. The molecular weight excluding hydrogens is 274 g/mol. The molecule has 20 heavy (non-hydrogen) atoms. The van der Waals surface area contributed by atoms with Crippen LogP contribution in [-0.4, -0.2) is 18.0 Å². The summed E-state index contributed by atoms with van der Waals surface area (Å²) in [4.78, 5) is 16.5. The Kier molecular flexibility index (Phi) is 4.24. The van der Waals surface area contributed by atoms with Gasteiger partial charge in [0, 0.05) is 17.4 Å². The molecule has 0 aliphatic heterocycles. The van der Waals surface area contributed by atoms with Crippen molar-refractivity contribution in [2.45, 2.75) is 19.8 Å². The highest BCUT2D eigenvalue weighted by molar-refractivity contribution is 7.09. The normalized spacial score (nSPS) is 10.6. The number of thiazole rings is 1. The van der Waals surface area contributed by atoms with Crippen LogP contribution in [0.4, 0.5) is 11.4 Å². The van der Waals surface area contributed by atoms with Crippen molar-refractivity contribution in [1.82, 2.24) is 4.98 Å². The first-order valence-electron chi connectivity index (χ1n) is 6.21. The molecule has 1 heterocycles. The lowest BCUT2D eigenvalue weighted by Crippen LogP contribution is -2.14. The summed E-state index contributed by atoms with van der Waals surface area (Å²) in [7, 11) is 1.56. The summed E-state index contributed by atoms with van der Waals surface area (Å²) in [5.41, 5.74) is 7.25. The van der Waals surface area contributed by atoms with Crippen LogP contribution < -0.4 is 15.8 Å². The number of benzene rings is 1. The van der Waals surface area contributed by atoms with Gasteiger partial charge in [0.25, 0.3) is 5.91 Å². The van der Waals surface area contributed by atoms with Gasteiger partial charge in [0.15, 0.2) is 0 Å². The van der Waals surface area contributed by atoms with Crippen LogP contribution in [0.3, 0.4) is 0 Å². The van der Waals surface area contributed by atoms with E-state index >= 15 is 0 Å². The van der Waals surface area contributed by atoms with Crippen LogP contribution in [0.5, 0.6) is 5.75 Å². The van der Waals surface area contributed by atoms with E-state index < -0.39 is 0 Å². The van der Waals surface area contributed by atoms with Crippen molar-refractivity contribution in [1.29, 1.82) is 0 Å². The third kappa shape index (κ3) is 3.08. The fraction of sp³-hybridized carbons (Fsp3) is 0.286. The Morgan fingerprint density at radius 1 is 1.45 bits per heavy atom. The Balaban J connectivity index is 2.18. The summed E-state index contributed by atoms with van der Waals surface area (Å²) < 4.78 is 5.11. The lowest BCUT2D eigenvalue weighted by Gasteiger charge is -2.08. The van der Waals surface area contributed by atoms with Crippen molar-refractivity contribution in [3.8, 4) is 5.75 Å². The lowest BCUT2D eigenvalue weighted by atomic mass is 10.2. The van der Waals surface area contributed by atoms with Gasteiger partial charge in [-0.1, -0.05) is 13.8 Å². The van der Waals surface area contributed by atoms with Gasteiger partial charge < -0.3 is 15.8 Å². The number of nitrogens with zero attached hydrogens (tertiary/aromatic N) is 1. The van der Waals surface area contributed by atoms with Gasteiger partial charge in [-0.2, -0.15) is 0 Å². The average Bonchev–Trinajstić information content (AvgIpc) is 2.91. The van der Waals surface area contributed by atoms with E-state index in [1.165, 1.54) is 11.3 Å². The van der Waals surface area contributed by atoms with Crippen molar-refractivity contribution in [3.05, 3.63) is 34.3 Å². The maximum atomic E-state index is 12.1. The highest BCUT2D eigenvalue weighted by Gasteiger charge is 2.14. The minimum atomic E-state index is -0.270. The minimum absolute atomic E-state index is 0.270. The van der Waals surface area contributed by atoms with E-state index in [1.54, 1.807) is 30.7 Å². The van der Waals surface area contributed by atoms with Gasteiger partial charge in [-0.3, -0.25) is 4.79 Å². The van der Waals surface area contributed by atoms with Gasteiger partial charge in [-0.15, -0.1) is 11.3 Å². The second-order valence-corrected chi connectivity index (χ2v) is 5.52. The monoisotopic (exact) mass is 291 g/mol. The third-order valence-electron chi connectivity index (χ3n) is 2.76. The standard InChI is InChI=1S/C14H17N3O2S/c1-8(2)14-17-12(7-20-14)13(18)16-11-6-9(19-3)4-5-10(11)15/h4-8H,15H2,1-3H3,(H,16,18). The molecule has 0 saturated carbocycles. The molecule has 3 N–H and O–H groups in total. The van der Waals surface area contributed by atoms with Gasteiger partial charge in [-0.25, -0.2) is 4.98 Å². The van der Waals surface area contributed by atoms with Crippen molar-refractivity contribution in [2.75, 3.05) is 18.2 Å². The van der Waals surface area contributed by atoms with E-state index in [-0.39, 0.29) is 5.91 Å². The highest BCUT2D eigenvalue weighted by Crippen LogP contribution is 2.25. The molecule has 6 heteroatoms. The average molecular weight is 291 g/mol. The number of hydrogen-bond donors (Lipinski definition) is 2. The predicted octanol–water partition coefficient (Wildman–Crippen LogP) is 3.11. The van der Waals surface area contributed by atoms with Crippen LogP contribution in [0.2, 0.25) is 0 Å². The molecule has 2 aromatic rings. The Morgan fingerprint density at radius 2 is 2.20 bits per heavy atom. The Labute approximate surface area is 121 Å². The first kappa shape index (κ1) is 14.3. The van der Waals surface area contributed by atoms with Crippen molar-refractivity contribution < 1.29 is 9.53 Å². The molecule has 0 saturated heterocycles. The van der Waals surface area contributed by atoms with Gasteiger partial charge in [0.1, 0.15) is 11.4 Å². The maximum Gasteiger partial charge on any atom is 0.275 e. The number of nitrogens with one attached hydrogen (secondary N) is 1. The molecule has 0 bridgehead atoms. The topological polar surface area (TPSA) is 77.2 Å². The molecule has 1 amide bonds. The molecule has 0 atom stereocenters. The molecule has 0 aliphatic carbocycles. The Hall–Kier alpha value is -2.08. The maximum absolute atomic E-state index is 12.1. The van der Waals surface area contributed by atoms with Gasteiger partial charge in [-0.05, 0) is 12.1 Å². The van der Waals surface area contributed by atoms with Crippen molar-refractivity contribution in [3.63, 3.8) is 0 Å². The second-order valence-electron chi connectivity index (χ2n) is 4.63. The molecule has 0 unspecified atom stereocenters. The first-order chi connectivity index (χ1) is 9.51. The van der Waals surface area contributed by atoms with Crippen LogP contribution >= 0.6 is 11.3 Å². The highest BCUT2D eigenvalue weighted by atomic mass is 32.1. The summed E-state index contributed by atoms with van der Waals surface area (Å²) in [5.74, 6) is 0.673. The zero-order valence-corrected chi connectivity index (χ0v) is 12.5. The van der Waals surface area contributed by atoms with Crippen molar-refractivity contribution in [2.24, 2.45) is 0 Å². The number of nitrogen functional groups attached to an aromatic ring is 1. The SMILES string of the molecule is COc1ccc(N)c(NC(=O)c2csc(C(C)C)n2)c1. The van der Waals surface area contributed by atoms with Crippen LogP contribution in [-0.2, 0) is 0 Å². The molecule has 0 spiro atoms. The summed E-state index contributed by atoms with van der Waals surface area (Å²) >= 11 is 1.48. The number of rotatable bonds is 4. The van der Waals surface area contributed by atoms with Gasteiger partial charge >= 0.3 is 0 Å². The third-order valence-corrected chi connectivity index (χ3v) is 3.90. The van der Waals surface area contributed by atoms with Crippen LogP contribution in [0.15, 0.2) is 23.6 Å². The van der Waals surface area contributed by atoms with Gasteiger partial charge in [0.05, 0.1) is 23.5 Å². The summed E-state index contributed by atoms with van der Waals surface area (Å²) in [6.07, 6.45) is 0. The summed E-state index contributed by atoms with van der Waals surface area (Å²) in [5, 5.41) is 5.44. The number of nitrogens with two attached hydrogens (primary N) is 1. The number of methoxy groups -OCH3 is 1. The molecular formula is C14H17N3O2S. The molecule has 2 rings (SSSR count). The molecule has 106 valence electrons. The minimum Gasteiger partial charge on any atom is -0.497 e. The Bertz CT molecular complexity index is 623. The number of carbonyl (C=O) groups is 1. The predicted molar refractivity (Wildman–Crippen MR) is 81.6 cm³/mol. The summed E-state index contributed by atoms with van der Waals surface area (Å²) in [6.45, 7) is 4.08.